The van der Waals surface area contributed by atoms with Gasteiger partial charge < -0.3 is 15.2 Å². The SMILES string of the molecule is CC(OCc1ccccc1)C(=O)NC(CC(F)(F)F)C(=O)O. The van der Waals surface area contributed by atoms with Crippen molar-refractivity contribution in [2.75, 3.05) is 0 Å². The van der Waals surface area contributed by atoms with E-state index < -0.39 is 36.6 Å². The highest BCUT2D eigenvalue weighted by atomic mass is 19.4. The Labute approximate surface area is 125 Å². The van der Waals surface area contributed by atoms with Crippen LogP contribution in [0.5, 0.6) is 0 Å². The topological polar surface area (TPSA) is 75.6 Å². The van der Waals surface area contributed by atoms with E-state index in [9.17, 15) is 22.8 Å². The van der Waals surface area contributed by atoms with Gasteiger partial charge >= 0.3 is 12.1 Å². The van der Waals surface area contributed by atoms with Crippen LogP contribution < -0.4 is 5.32 Å². The number of ether oxygens (including phenoxy) is 1. The molecule has 5 nitrogen and oxygen atoms in total. The normalized spacial score (nSPS) is 14.2. The first kappa shape index (κ1) is 18.0. The van der Waals surface area contributed by atoms with E-state index in [1.807, 2.05) is 5.32 Å². The zero-order chi connectivity index (χ0) is 16.8. The van der Waals surface area contributed by atoms with Gasteiger partial charge in [0.15, 0.2) is 0 Å². The van der Waals surface area contributed by atoms with Gasteiger partial charge in [0.05, 0.1) is 13.0 Å². The molecule has 1 aromatic carbocycles. The summed E-state index contributed by atoms with van der Waals surface area (Å²) in [4.78, 5) is 22.5. The Bertz CT molecular complexity index is 505. The molecule has 22 heavy (non-hydrogen) atoms. The summed E-state index contributed by atoms with van der Waals surface area (Å²) in [6.07, 6.45) is -7.40. The minimum Gasteiger partial charge on any atom is -0.480 e. The number of carboxylic acid groups (broad SMARTS) is 1. The average Bonchev–Trinajstić information content (AvgIpc) is 2.43. The second kappa shape index (κ2) is 7.79. The minimum absolute atomic E-state index is 0.0897. The Hall–Kier alpha value is -2.09. The van der Waals surface area contributed by atoms with Crippen molar-refractivity contribution in [2.45, 2.75) is 38.3 Å². The fourth-order valence-corrected chi connectivity index (χ4v) is 1.59. The van der Waals surface area contributed by atoms with E-state index >= 15 is 0 Å². The number of hydrogen-bond acceptors (Lipinski definition) is 3. The maximum absolute atomic E-state index is 12.2. The molecular formula is C14H16F3NO4. The van der Waals surface area contributed by atoms with Gasteiger partial charge in [-0.05, 0) is 12.5 Å². The van der Waals surface area contributed by atoms with Crippen molar-refractivity contribution in [2.24, 2.45) is 0 Å². The Balaban J connectivity index is 2.52. The molecule has 0 saturated heterocycles. The number of carbonyl (C=O) groups is 2. The van der Waals surface area contributed by atoms with Crippen molar-refractivity contribution in [1.82, 2.24) is 5.32 Å². The van der Waals surface area contributed by atoms with Crippen LogP contribution in [0.2, 0.25) is 0 Å². The highest BCUT2D eigenvalue weighted by Crippen LogP contribution is 2.21. The third-order valence-electron chi connectivity index (χ3n) is 2.76. The standard InChI is InChI=1S/C14H16F3NO4/c1-9(22-8-10-5-3-2-4-6-10)12(19)18-11(13(20)21)7-14(15,16)17/h2-6,9,11H,7-8H2,1H3,(H,18,19)(H,20,21). The van der Waals surface area contributed by atoms with Gasteiger partial charge in [-0.3, -0.25) is 4.79 Å². The second-order valence-electron chi connectivity index (χ2n) is 4.66. The van der Waals surface area contributed by atoms with Crippen LogP contribution in [0, 0.1) is 0 Å². The lowest BCUT2D eigenvalue weighted by atomic mass is 10.2. The summed E-state index contributed by atoms with van der Waals surface area (Å²) in [5.41, 5.74) is 0.784. The van der Waals surface area contributed by atoms with Gasteiger partial charge in [-0.15, -0.1) is 0 Å². The van der Waals surface area contributed by atoms with Crippen molar-refractivity contribution in [3.63, 3.8) is 0 Å². The number of alkyl halides is 3. The summed E-state index contributed by atoms with van der Waals surface area (Å²) in [6.45, 7) is 1.43. The molecule has 2 N–H and O–H groups in total. The number of amides is 1. The van der Waals surface area contributed by atoms with E-state index in [0.29, 0.717) is 0 Å². The molecule has 8 heteroatoms. The number of carboxylic acids is 1. The van der Waals surface area contributed by atoms with Crippen molar-refractivity contribution < 1.29 is 32.6 Å². The maximum Gasteiger partial charge on any atom is 0.391 e. The molecule has 0 saturated carbocycles. The van der Waals surface area contributed by atoms with Crippen LogP contribution in [0.1, 0.15) is 18.9 Å². The highest BCUT2D eigenvalue weighted by molar-refractivity contribution is 5.86. The Morgan fingerprint density at radius 1 is 1.27 bits per heavy atom. The van der Waals surface area contributed by atoms with Gasteiger partial charge in [0.25, 0.3) is 0 Å². The molecule has 2 unspecified atom stereocenters. The average molecular weight is 319 g/mol. The largest absolute Gasteiger partial charge is 0.480 e. The summed E-state index contributed by atoms with van der Waals surface area (Å²) in [5, 5.41) is 10.5. The fourth-order valence-electron chi connectivity index (χ4n) is 1.59. The van der Waals surface area contributed by atoms with Crippen LogP contribution in [-0.2, 0) is 20.9 Å². The zero-order valence-corrected chi connectivity index (χ0v) is 11.8. The number of rotatable bonds is 7. The first-order valence-electron chi connectivity index (χ1n) is 6.44. The van der Waals surface area contributed by atoms with E-state index in [-0.39, 0.29) is 6.61 Å². The number of hydrogen-bond donors (Lipinski definition) is 2. The zero-order valence-electron chi connectivity index (χ0n) is 11.8. The highest BCUT2D eigenvalue weighted by Gasteiger charge is 2.36. The van der Waals surface area contributed by atoms with E-state index in [1.54, 1.807) is 30.3 Å². The predicted octanol–water partition coefficient (Wildman–Crippen LogP) is 2.11. The second-order valence-corrected chi connectivity index (χ2v) is 4.66. The third-order valence-corrected chi connectivity index (χ3v) is 2.76. The Morgan fingerprint density at radius 3 is 2.36 bits per heavy atom. The van der Waals surface area contributed by atoms with Crippen LogP contribution in [0.25, 0.3) is 0 Å². The van der Waals surface area contributed by atoms with E-state index in [2.05, 4.69) is 0 Å². The monoisotopic (exact) mass is 319 g/mol. The summed E-state index contributed by atoms with van der Waals surface area (Å²) in [7, 11) is 0. The first-order chi connectivity index (χ1) is 10.2. The number of carbonyl (C=O) groups excluding carboxylic acids is 1. The van der Waals surface area contributed by atoms with Gasteiger partial charge in [-0.2, -0.15) is 13.2 Å². The van der Waals surface area contributed by atoms with Crippen LogP contribution in [0.3, 0.4) is 0 Å². The van der Waals surface area contributed by atoms with Gasteiger partial charge in [0, 0.05) is 0 Å². The van der Waals surface area contributed by atoms with Crippen LogP contribution in [-0.4, -0.2) is 35.3 Å². The molecule has 122 valence electrons. The first-order valence-corrected chi connectivity index (χ1v) is 6.44. The lowest BCUT2D eigenvalue weighted by Gasteiger charge is -2.19. The fraction of sp³-hybridized carbons (Fsp3) is 0.429. The van der Waals surface area contributed by atoms with Crippen molar-refractivity contribution in [3.8, 4) is 0 Å². The molecule has 1 rings (SSSR count). The summed E-state index contributed by atoms with van der Waals surface area (Å²) >= 11 is 0. The molecule has 0 aliphatic rings. The van der Waals surface area contributed by atoms with Gasteiger partial charge in [0.1, 0.15) is 12.1 Å². The van der Waals surface area contributed by atoms with E-state index in [1.165, 1.54) is 6.92 Å². The summed E-state index contributed by atoms with van der Waals surface area (Å²) < 4.78 is 41.9. The molecule has 0 aliphatic heterocycles. The van der Waals surface area contributed by atoms with E-state index in [0.717, 1.165) is 5.56 Å². The molecule has 0 heterocycles. The van der Waals surface area contributed by atoms with Gasteiger partial charge in [-0.1, -0.05) is 30.3 Å². The number of halogens is 3. The molecule has 1 aromatic rings. The molecule has 2 atom stereocenters. The summed E-state index contributed by atoms with van der Waals surface area (Å²) in [6, 6.07) is 6.83. The molecule has 0 aliphatic carbocycles. The number of nitrogens with one attached hydrogen (secondary N) is 1. The molecule has 0 bridgehead atoms. The number of benzene rings is 1. The summed E-state index contributed by atoms with van der Waals surface area (Å²) in [5.74, 6) is -2.66. The molecule has 0 radical (unpaired) electrons. The van der Waals surface area contributed by atoms with Crippen LogP contribution in [0.4, 0.5) is 13.2 Å². The number of aliphatic carboxylic acids is 1. The maximum atomic E-state index is 12.2. The van der Waals surface area contributed by atoms with Crippen molar-refractivity contribution in [3.05, 3.63) is 35.9 Å². The molecule has 0 fully saturated rings. The third kappa shape index (κ3) is 6.57. The molecular weight excluding hydrogens is 303 g/mol. The quantitative estimate of drug-likeness (QED) is 0.807. The van der Waals surface area contributed by atoms with Crippen LogP contribution >= 0.6 is 0 Å². The molecule has 0 aromatic heterocycles. The predicted molar refractivity (Wildman–Crippen MR) is 70.9 cm³/mol. The lowest BCUT2D eigenvalue weighted by molar-refractivity contribution is -0.161. The van der Waals surface area contributed by atoms with Crippen LogP contribution in [0.15, 0.2) is 30.3 Å². The smallest absolute Gasteiger partial charge is 0.391 e. The Morgan fingerprint density at radius 2 is 1.86 bits per heavy atom. The van der Waals surface area contributed by atoms with E-state index in [4.69, 9.17) is 9.84 Å². The van der Waals surface area contributed by atoms with Crippen molar-refractivity contribution >= 4 is 11.9 Å². The molecule has 1 amide bonds. The molecule has 0 spiro atoms. The lowest BCUT2D eigenvalue weighted by Crippen LogP contribution is -2.47. The van der Waals surface area contributed by atoms with Crippen molar-refractivity contribution in [1.29, 1.82) is 0 Å². The Kier molecular flexibility index (Phi) is 6.36. The van der Waals surface area contributed by atoms with Gasteiger partial charge in [-0.25, -0.2) is 4.79 Å². The van der Waals surface area contributed by atoms with Gasteiger partial charge in [0.2, 0.25) is 5.91 Å². The minimum atomic E-state index is -4.69.